The summed E-state index contributed by atoms with van der Waals surface area (Å²) in [6.07, 6.45) is 9.89. The molecule has 3 aliphatic rings. The predicted molar refractivity (Wildman–Crippen MR) is 107 cm³/mol. The molecule has 0 radical (unpaired) electrons. The lowest BCUT2D eigenvalue weighted by Crippen LogP contribution is -2.53. The first kappa shape index (κ1) is 19.4. The van der Waals surface area contributed by atoms with Crippen molar-refractivity contribution in [1.82, 2.24) is 19.7 Å². The quantitative estimate of drug-likeness (QED) is 0.754. The first-order chi connectivity index (χ1) is 13.5. The van der Waals surface area contributed by atoms with E-state index in [-0.39, 0.29) is 11.3 Å². The highest BCUT2D eigenvalue weighted by molar-refractivity contribution is 5.79. The standard InChI is InChI=1S/C22H32N4O2/c1-24(14-19-5-10-23-11-6-19)16-21(28)25-12-8-22(9-13-25)7-4-20(27)26(17-22)15-18-2-3-18/h5-6,10-11,18H,2-4,7-9,12-17H2,1H3. The van der Waals surface area contributed by atoms with Gasteiger partial charge in [-0.15, -0.1) is 0 Å². The fraction of sp³-hybridized carbons (Fsp3) is 0.682. The van der Waals surface area contributed by atoms with Crippen LogP contribution in [0.3, 0.4) is 0 Å². The highest BCUT2D eigenvalue weighted by Gasteiger charge is 2.42. The zero-order valence-electron chi connectivity index (χ0n) is 17.0. The van der Waals surface area contributed by atoms with E-state index in [1.54, 1.807) is 12.4 Å². The Bertz CT molecular complexity index is 696. The average molecular weight is 385 g/mol. The summed E-state index contributed by atoms with van der Waals surface area (Å²) in [5, 5.41) is 0. The lowest BCUT2D eigenvalue weighted by atomic mass is 9.72. The highest BCUT2D eigenvalue weighted by atomic mass is 16.2. The van der Waals surface area contributed by atoms with Crippen LogP contribution in [-0.4, -0.2) is 71.3 Å². The highest BCUT2D eigenvalue weighted by Crippen LogP contribution is 2.41. The van der Waals surface area contributed by atoms with E-state index in [9.17, 15) is 9.59 Å². The fourth-order valence-electron chi connectivity index (χ4n) is 4.71. The number of likely N-dealkylation sites (tertiary alicyclic amines) is 2. The van der Waals surface area contributed by atoms with Crippen LogP contribution in [0.15, 0.2) is 24.5 Å². The molecule has 3 heterocycles. The molecule has 6 nitrogen and oxygen atoms in total. The molecule has 28 heavy (non-hydrogen) atoms. The molecule has 0 N–H and O–H groups in total. The van der Waals surface area contributed by atoms with Crippen LogP contribution in [0.25, 0.3) is 0 Å². The normalized spacial score (nSPS) is 22.1. The number of pyridine rings is 1. The molecule has 4 rings (SSSR count). The van der Waals surface area contributed by atoms with Crippen molar-refractivity contribution in [1.29, 1.82) is 0 Å². The summed E-state index contributed by atoms with van der Waals surface area (Å²) in [5.74, 6) is 1.30. The summed E-state index contributed by atoms with van der Waals surface area (Å²) in [6, 6.07) is 3.98. The molecule has 3 fully saturated rings. The average Bonchev–Trinajstić information content (AvgIpc) is 3.50. The molecule has 1 saturated carbocycles. The van der Waals surface area contributed by atoms with Crippen LogP contribution in [0.1, 0.15) is 44.1 Å². The van der Waals surface area contributed by atoms with Crippen LogP contribution in [0.4, 0.5) is 0 Å². The summed E-state index contributed by atoms with van der Waals surface area (Å²) >= 11 is 0. The van der Waals surface area contributed by atoms with Crippen molar-refractivity contribution in [2.45, 2.75) is 45.1 Å². The monoisotopic (exact) mass is 384 g/mol. The Morgan fingerprint density at radius 1 is 1.21 bits per heavy atom. The van der Waals surface area contributed by atoms with E-state index in [1.807, 2.05) is 24.1 Å². The summed E-state index contributed by atoms with van der Waals surface area (Å²) in [5.41, 5.74) is 1.41. The fourth-order valence-corrected chi connectivity index (χ4v) is 4.71. The third-order valence-electron chi connectivity index (χ3n) is 6.71. The van der Waals surface area contributed by atoms with Gasteiger partial charge < -0.3 is 9.80 Å². The van der Waals surface area contributed by atoms with E-state index in [0.717, 1.165) is 57.9 Å². The summed E-state index contributed by atoms with van der Waals surface area (Å²) in [6.45, 7) is 4.72. The minimum Gasteiger partial charge on any atom is -0.342 e. The van der Waals surface area contributed by atoms with Gasteiger partial charge in [0.05, 0.1) is 6.54 Å². The van der Waals surface area contributed by atoms with E-state index in [1.165, 1.54) is 18.4 Å². The van der Waals surface area contributed by atoms with Gasteiger partial charge in [-0.05, 0) is 68.2 Å². The Morgan fingerprint density at radius 2 is 1.93 bits per heavy atom. The Kier molecular flexibility index (Phi) is 5.67. The van der Waals surface area contributed by atoms with E-state index < -0.39 is 0 Å². The van der Waals surface area contributed by atoms with Crippen molar-refractivity contribution < 1.29 is 9.59 Å². The van der Waals surface area contributed by atoms with Crippen molar-refractivity contribution in [2.75, 3.05) is 39.8 Å². The van der Waals surface area contributed by atoms with Gasteiger partial charge in [0.25, 0.3) is 0 Å². The van der Waals surface area contributed by atoms with E-state index in [4.69, 9.17) is 0 Å². The molecule has 1 aliphatic carbocycles. The molecule has 2 amide bonds. The summed E-state index contributed by atoms with van der Waals surface area (Å²) in [7, 11) is 1.99. The molecule has 1 aromatic rings. The van der Waals surface area contributed by atoms with Crippen molar-refractivity contribution in [2.24, 2.45) is 11.3 Å². The Hall–Kier alpha value is -1.95. The third-order valence-corrected chi connectivity index (χ3v) is 6.71. The molecule has 0 atom stereocenters. The number of hydrogen-bond donors (Lipinski definition) is 0. The molecular formula is C22H32N4O2. The van der Waals surface area contributed by atoms with Crippen LogP contribution in [-0.2, 0) is 16.1 Å². The zero-order chi connectivity index (χ0) is 19.6. The molecular weight excluding hydrogens is 352 g/mol. The Balaban J connectivity index is 1.26. The molecule has 152 valence electrons. The van der Waals surface area contributed by atoms with Gasteiger partial charge in [0.2, 0.25) is 11.8 Å². The zero-order valence-corrected chi connectivity index (χ0v) is 17.0. The van der Waals surface area contributed by atoms with E-state index >= 15 is 0 Å². The number of aromatic nitrogens is 1. The van der Waals surface area contributed by atoms with Crippen LogP contribution >= 0.6 is 0 Å². The third kappa shape index (κ3) is 4.72. The number of nitrogens with zero attached hydrogens (tertiary/aromatic N) is 4. The minimum absolute atomic E-state index is 0.216. The van der Waals surface area contributed by atoms with Gasteiger partial charge in [-0.25, -0.2) is 0 Å². The first-order valence-electron chi connectivity index (χ1n) is 10.7. The molecule has 2 saturated heterocycles. The van der Waals surface area contributed by atoms with Crippen LogP contribution in [0.2, 0.25) is 0 Å². The summed E-state index contributed by atoms with van der Waals surface area (Å²) < 4.78 is 0. The molecule has 2 aliphatic heterocycles. The number of piperidine rings is 2. The number of likely N-dealkylation sites (N-methyl/N-ethyl adjacent to an activating group) is 1. The van der Waals surface area contributed by atoms with Gasteiger partial charge in [0.1, 0.15) is 0 Å². The second-order valence-electron chi connectivity index (χ2n) is 9.13. The van der Waals surface area contributed by atoms with Gasteiger partial charge in [-0.1, -0.05) is 0 Å². The predicted octanol–water partition coefficient (Wildman–Crippen LogP) is 2.15. The van der Waals surface area contributed by atoms with Gasteiger partial charge in [0, 0.05) is 51.5 Å². The topological polar surface area (TPSA) is 56.8 Å². The van der Waals surface area contributed by atoms with Gasteiger partial charge in [-0.2, -0.15) is 0 Å². The van der Waals surface area contributed by atoms with E-state index in [2.05, 4.69) is 14.8 Å². The van der Waals surface area contributed by atoms with Gasteiger partial charge in [-0.3, -0.25) is 19.5 Å². The molecule has 0 unspecified atom stereocenters. The minimum atomic E-state index is 0.216. The molecule has 6 heteroatoms. The number of carbonyl (C=O) groups is 2. The largest absolute Gasteiger partial charge is 0.342 e. The Labute approximate surface area is 167 Å². The summed E-state index contributed by atoms with van der Waals surface area (Å²) in [4.78, 5) is 35.3. The molecule has 0 aromatic carbocycles. The first-order valence-corrected chi connectivity index (χ1v) is 10.7. The maximum absolute atomic E-state index is 12.7. The van der Waals surface area contributed by atoms with Gasteiger partial charge >= 0.3 is 0 Å². The smallest absolute Gasteiger partial charge is 0.236 e. The molecule has 1 aromatic heterocycles. The second kappa shape index (κ2) is 8.19. The lowest BCUT2D eigenvalue weighted by Gasteiger charge is -2.47. The van der Waals surface area contributed by atoms with Crippen LogP contribution < -0.4 is 0 Å². The van der Waals surface area contributed by atoms with Crippen molar-refractivity contribution in [3.8, 4) is 0 Å². The second-order valence-corrected chi connectivity index (χ2v) is 9.13. The van der Waals surface area contributed by atoms with Crippen LogP contribution in [0.5, 0.6) is 0 Å². The van der Waals surface area contributed by atoms with Crippen molar-refractivity contribution >= 4 is 11.8 Å². The molecule has 0 bridgehead atoms. The number of amides is 2. The van der Waals surface area contributed by atoms with Gasteiger partial charge in [0.15, 0.2) is 0 Å². The molecule has 1 spiro atoms. The maximum atomic E-state index is 12.7. The number of rotatable bonds is 6. The SMILES string of the molecule is CN(CC(=O)N1CCC2(CCC(=O)N(CC3CC3)C2)CC1)Cc1ccncc1. The number of hydrogen-bond acceptors (Lipinski definition) is 4. The Morgan fingerprint density at radius 3 is 2.61 bits per heavy atom. The van der Waals surface area contributed by atoms with E-state index in [0.29, 0.717) is 18.9 Å². The number of carbonyl (C=O) groups excluding carboxylic acids is 2. The van der Waals surface area contributed by atoms with Crippen molar-refractivity contribution in [3.63, 3.8) is 0 Å². The van der Waals surface area contributed by atoms with Crippen LogP contribution in [0, 0.1) is 11.3 Å². The van der Waals surface area contributed by atoms with Crippen molar-refractivity contribution in [3.05, 3.63) is 30.1 Å². The maximum Gasteiger partial charge on any atom is 0.236 e. The lowest BCUT2D eigenvalue weighted by molar-refractivity contribution is -0.143.